The van der Waals surface area contributed by atoms with Crippen molar-refractivity contribution in [2.45, 2.75) is 26.4 Å². The number of rotatable bonds is 3. The molecule has 0 radical (unpaired) electrons. The zero-order chi connectivity index (χ0) is 9.84. The van der Waals surface area contributed by atoms with E-state index in [1.54, 1.807) is 0 Å². The van der Waals surface area contributed by atoms with Crippen molar-refractivity contribution in [2.75, 3.05) is 0 Å². The van der Waals surface area contributed by atoms with Crippen molar-refractivity contribution >= 4 is 15.9 Å². The van der Waals surface area contributed by atoms with Gasteiger partial charge in [-0.2, -0.15) is 0 Å². The third kappa shape index (κ3) is 3.49. The van der Waals surface area contributed by atoms with Gasteiger partial charge in [-0.15, -0.1) is 0 Å². The second kappa shape index (κ2) is 4.77. The number of hydrogen-bond donors (Lipinski definition) is 1. The third-order valence-electron chi connectivity index (χ3n) is 2.13. The first-order chi connectivity index (χ1) is 6.09. The zero-order valence-corrected chi connectivity index (χ0v) is 9.58. The minimum absolute atomic E-state index is 0.235. The highest BCUT2D eigenvalue weighted by Crippen LogP contribution is 2.14. The van der Waals surface area contributed by atoms with Crippen molar-refractivity contribution in [3.63, 3.8) is 0 Å². The molecule has 0 aliphatic heterocycles. The van der Waals surface area contributed by atoms with Crippen LogP contribution < -0.4 is 0 Å². The van der Waals surface area contributed by atoms with Crippen LogP contribution in [0.2, 0.25) is 0 Å². The molecule has 1 aromatic rings. The SMILES string of the molecule is CC(C)[C@H](O)Cc1ccc(Br)cc1. The molecule has 0 fully saturated rings. The van der Waals surface area contributed by atoms with Gasteiger partial charge in [-0.05, 0) is 30.0 Å². The first kappa shape index (κ1) is 10.7. The van der Waals surface area contributed by atoms with Gasteiger partial charge in [-0.3, -0.25) is 0 Å². The number of aliphatic hydroxyl groups excluding tert-OH is 1. The number of halogens is 1. The number of hydrogen-bond acceptors (Lipinski definition) is 1. The molecule has 2 heteroatoms. The molecule has 1 atom stereocenters. The second-order valence-corrected chi connectivity index (χ2v) is 4.56. The molecule has 0 aromatic heterocycles. The fourth-order valence-electron chi connectivity index (χ4n) is 1.10. The van der Waals surface area contributed by atoms with Crippen LogP contribution in [0.4, 0.5) is 0 Å². The van der Waals surface area contributed by atoms with Crippen LogP contribution in [0.25, 0.3) is 0 Å². The Hall–Kier alpha value is -0.340. The fraction of sp³-hybridized carbons (Fsp3) is 0.455. The van der Waals surface area contributed by atoms with E-state index < -0.39 is 0 Å². The van der Waals surface area contributed by atoms with Crippen molar-refractivity contribution in [2.24, 2.45) is 5.92 Å². The molecule has 13 heavy (non-hydrogen) atoms. The lowest BCUT2D eigenvalue weighted by molar-refractivity contribution is 0.126. The first-order valence-electron chi connectivity index (χ1n) is 4.52. The summed E-state index contributed by atoms with van der Waals surface area (Å²) in [5.74, 6) is 0.323. The lowest BCUT2D eigenvalue weighted by Crippen LogP contribution is -2.17. The molecule has 0 unspecified atom stereocenters. The van der Waals surface area contributed by atoms with Gasteiger partial charge in [0.1, 0.15) is 0 Å². The first-order valence-corrected chi connectivity index (χ1v) is 5.31. The van der Waals surface area contributed by atoms with Crippen molar-refractivity contribution in [3.05, 3.63) is 34.3 Å². The highest BCUT2D eigenvalue weighted by atomic mass is 79.9. The smallest absolute Gasteiger partial charge is 0.0603 e. The molecule has 0 aliphatic carbocycles. The summed E-state index contributed by atoms with van der Waals surface area (Å²) in [5.41, 5.74) is 1.18. The molecule has 1 nitrogen and oxygen atoms in total. The van der Waals surface area contributed by atoms with Gasteiger partial charge < -0.3 is 5.11 Å². The Morgan fingerprint density at radius 3 is 2.23 bits per heavy atom. The molecule has 0 saturated carbocycles. The van der Waals surface area contributed by atoms with Crippen LogP contribution in [0.5, 0.6) is 0 Å². The van der Waals surface area contributed by atoms with Gasteiger partial charge in [0.05, 0.1) is 6.10 Å². The maximum absolute atomic E-state index is 9.64. The Kier molecular flexibility index (Phi) is 3.94. The zero-order valence-electron chi connectivity index (χ0n) is 8.00. The van der Waals surface area contributed by atoms with E-state index in [9.17, 15) is 5.11 Å². The van der Waals surface area contributed by atoms with E-state index in [1.165, 1.54) is 5.56 Å². The molecule has 0 saturated heterocycles. The van der Waals surface area contributed by atoms with Crippen LogP contribution in [-0.4, -0.2) is 11.2 Å². The van der Waals surface area contributed by atoms with Gasteiger partial charge >= 0.3 is 0 Å². The molecule has 0 bridgehead atoms. The summed E-state index contributed by atoms with van der Waals surface area (Å²) in [7, 11) is 0. The Labute approximate surface area is 87.9 Å². The Bertz CT molecular complexity index is 253. The van der Waals surface area contributed by atoms with E-state index in [1.807, 2.05) is 38.1 Å². The van der Waals surface area contributed by atoms with Crippen molar-refractivity contribution < 1.29 is 5.11 Å². The summed E-state index contributed by atoms with van der Waals surface area (Å²) in [6.07, 6.45) is 0.506. The van der Waals surface area contributed by atoms with E-state index in [4.69, 9.17) is 0 Å². The Balaban J connectivity index is 2.59. The molecule has 0 amide bonds. The maximum atomic E-state index is 9.64. The van der Waals surface area contributed by atoms with E-state index >= 15 is 0 Å². The van der Waals surface area contributed by atoms with Crippen LogP contribution in [0.1, 0.15) is 19.4 Å². The Morgan fingerprint density at radius 2 is 1.77 bits per heavy atom. The van der Waals surface area contributed by atoms with Gasteiger partial charge in [-0.25, -0.2) is 0 Å². The monoisotopic (exact) mass is 242 g/mol. The van der Waals surface area contributed by atoms with Gasteiger partial charge in [0.25, 0.3) is 0 Å². The van der Waals surface area contributed by atoms with Crippen LogP contribution >= 0.6 is 15.9 Å². The summed E-state index contributed by atoms with van der Waals surface area (Å²) >= 11 is 3.38. The lowest BCUT2D eigenvalue weighted by Gasteiger charge is -2.13. The summed E-state index contributed by atoms with van der Waals surface area (Å²) in [6.45, 7) is 4.06. The summed E-state index contributed by atoms with van der Waals surface area (Å²) in [4.78, 5) is 0. The predicted octanol–water partition coefficient (Wildman–Crippen LogP) is 3.01. The highest BCUT2D eigenvalue weighted by Gasteiger charge is 2.09. The van der Waals surface area contributed by atoms with Gasteiger partial charge in [-0.1, -0.05) is 41.9 Å². The van der Waals surface area contributed by atoms with Crippen molar-refractivity contribution in [1.29, 1.82) is 0 Å². The summed E-state index contributed by atoms with van der Waals surface area (Å²) in [5, 5.41) is 9.64. The molecule has 1 N–H and O–H groups in total. The van der Waals surface area contributed by atoms with Crippen molar-refractivity contribution in [1.82, 2.24) is 0 Å². The largest absolute Gasteiger partial charge is 0.393 e. The Morgan fingerprint density at radius 1 is 1.23 bits per heavy atom. The van der Waals surface area contributed by atoms with Crippen LogP contribution in [0.15, 0.2) is 28.7 Å². The molecule has 0 heterocycles. The van der Waals surface area contributed by atoms with Crippen LogP contribution in [0, 0.1) is 5.92 Å². The molecular weight excluding hydrogens is 228 g/mol. The summed E-state index contributed by atoms with van der Waals surface area (Å²) < 4.78 is 1.08. The molecule has 1 aromatic carbocycles. The van der Waals surface area contributed by atoms with E-state index in [-0.39, 0.29) is 6.10 Å². The normalized spacial score (nSPS) is 13.3. The van der Waals surface area contributed by atoms with E-state index in [0.717, 1.165) is 10.9 Å². The third-order valence-corrected chi connectivity index (χ3v) is 2.66. The maximum Gasteiger partial charge on any atom is 0.0603 e. The minimum Gasteiger partial charge on any atom is -0.393 e. The minimum atomic E-state index is -0.235. The molecule has 1 rings (SSSR count). The molecular formula is C11H15BrO. The summed E-state index contributed by atoms with van der Waals surface area (Å²) in [6, 6.07) is 8.08. The molecule has 0 spiro atoms. The van der Waals surface area contributed by atoms with Gasteiger partial charge in [0, 0.05) is 4.47 Å². The standard InChI is InChI=1S/C11H15BrO/c1-8(2)11(13)7-9-3-5-10(12)6-4-9/h3-6,8,11,13H,7H2,1-2H3/t11-/m1/s1. The van der Waals surface area contributed by atoms with Crippen molar-refractivity contribution in [3.8, 4) is 0 Å². The molecule has 72 valence electrons. The average molecular weight is 243 g/mol. The highest BCUT2D eigenvalue weighted by molar-refractivity contribution is 9.10. The predicted molar refractivity (Wildman–Crippen MR) is 58.7 cm³/mol. The lowest BCUT2D eigenvalue weighted by atomic mass is 9.99. The van der Waals surface area contributed by atoms with Gasteiger partial charge in [0.2, 0.25) is 0 Å². The molecule has 0 aliphatic rings. The average Bonchev–Trinajstić information content (AvgIpc) is 2.08. The van der Waals surface area contributed by atoms with E-state index in [0.29, 0.717) is 5.92 Å². The van der Waals surface area contributed by atoms with E-state index in [2.05, 4.69) is 15.9 Å². The number of benzene rings is 1. The fourth-order valence-corrected chi connectivity index (χ4v) is 1.36. The van der Waals surface area contributed by atoms with Crippen LogP contribution in [-0.2, 0) is 6.42 Å². The number of aliphatic hydroxyl groups is 1. The van der Waals surface area contributed by atoms with Crippen LogP contribution in [0.3, 0.4) is 0 Å². The second-order valence-electron chi connectivity index (χ2n) is 3.64. The quantitative estimate of drug-likeness (QED) is 0.865. The van der Waals surface area contributed by atoms with Gasteiger partial charge in [0.15, 0.2) is 0 Å². The topological polar surface area (TPSA) is 20.2 Å².